The Morgan fingerprint density at radius 1 is 1.00 bits per heavy atom. The SMILES string of the molecule is CCOc1ccc(NC(=O)c2cccc(OCC(=O)NC(C)(C)C)c2)c(C(N)=O)c1. The second-order valence-electron chi connectivity index (χ2n) is 7.57. The van der Waals surface area contributed by atoms with E-state index in [-0.39, 0.29) is 29.3 Å². The topological polar surface area (TPSA) is 120 Å². The van der Waals surface area contributed by atoms with Crippen LogP contribution in [0.1, 0.15) is 48.4 Å². The van der Waals surface area contributed by atoms with Gasteiger partial charge in [0.05, 0.1) is 17.9 Å². The van der Waals surface area contributed by atoms with Crippen molar-refractivity contribution < 1.29 is 23.9 Å². The fourth-order valence-corrected chi connectivity index (χ4v) is 2.62. The van der Waals surface area contributed by atoms with Crippen LogP contribution in [-0.2, 0) is 4.79 Å². The average Bonchev–Trinajstić information content (AvgIpc) is 2.66. The molecular formula is C22H27N3O5. The normalized spacial score (nSPS) is 10.8. The molecule has 30 heavy (non-hydrogen) atoms. The van der Waals surface area contributed by atoms with E-state index in [0.717, 1.165) is 0 Å². The van der Waals surface area contributed by atoms with Gasteiger partial charge >= 0.3 is 0 Å². The fourth-order valence-electron chi connectivity index (χ4n) is 2.62. The summed E-state index contributed by atoms with van der Waals surface area (Å²) < 4.78 is 10.8. The first kappa shape index (κ1) is 22.7. The van der Waals surface area contributed by atoms with Gasteiger partial charge in [0, 0.05) is 11.1 Å². The molecule has 160 valence electrons. The molecule has 0 aliphatic heterocycles. The monoisotopic (exact) mass is 413 g/mol. The third-order valence-corrected chi connectivity index (χ3v) is 3.80. The van der Waals surface area contributed by atoms with E-state index in [1.165, 1.54) is 12.1 Å². The molecule has 0 saturated heterocycles. The first-order valence-electron chi connectivity index (χ1n) is 9.51. The molecule has 0 radical (unpaired) electrons. The van der Waals surface area contributed by atoms with E-state index in [2.05, 4.69) is 10.6 Å². The number of nitrogens with one attached hydrogen (secondary N) is 2. The Labute approximate surface area is 175 Å². The maximum absolute atomic E-state index is 12.6. The summed E-state index contributed by atoms with van der Waals surface area (Å²) in [4.78, 5) is 36.3. The van der Waals surface area contributed by atoms with E-state index in [0.29, 0.717) is 23.7 Å². The quantitative estimate of drug-likeness (QED) is 0.615. The fraction of sp³-hybridized carbons (Fsp3) is 0.318. The summed E-state index contributed by atoms with van der Waals surface area (Å²) in [5.74, 6) is -0.556. The zero-order chi connectivity index (χ0) is 22.3. The van der Waals surface area contributed by atoms with Gasteiger partial charge in [-0.05, 0) is 64.1 Å². The van der Waals surface area contributed by atoms with Crippen LogP contribution >= 0.6 is 0 Å². The van der Waals surface area contributed by atoms with E-state index in [9.17, 15) is 14.4 Å². The lowest BCUT2D eigenvalue weighted by atomic mass is 10.1. The number of benzene rings is 2. The summed E-state index contributed by atoms with van der Waals surface area (Å²) >= 11 is 0. The predicted octanol–water partition coefficient (Wildman–Crippen LogP) is 2.73. The number of rotatable bonds is 8. The molecular weight excluding hydrogens is 386 g/mol. The van der Waals surface area contributed by atoms with Gasteiger partial charge in [-0.25, -0.2) is 0 Å². The van der Waals surface area contributed by atoms with Crippen LogP contribution in [0.3, 0.4) is 0 Å². The lowest BCUT2D eigenvalue weighted by molar-refractivity contribution is -0.124. The Hall–Kier alpha value is -3.55. The molecule has 2 aromatic rings. The third-order valence-electron chi connectivity index (χ3n) is 3.80. The highest BCUT2D eigenvalue weighted by molar-refractivity contribution is 6.09. The Kier molecular flexibility index (Phi) is 7.41. The summed E-state index contributed by atoms with van der Waals surface area (Å²) in [6, 6.07) is 11.1. The molecule has 0 saturated carbocycles. The van der Waals surface area contributed by atoms with Crippen LogP contribution in [0.4, 0.5) is 5.69 Å². The summed E-state index contributed by atoms with van der Waals surface area (Å²) in [7, 11) is 0. The molecule has 8 nitrogen and oxygen atoms in total. The summed E-state index contributed by atoms with van der Waals surface area (Å²) in [6.45, 7) is 7.70. The van der Waals surface area contributed by atoms with Crippen molar-refractivity contribution >= 4 is 23.4 Å². The minimum atomic E-state index is -0.686. The highest BCUT2D eigenvalue weighted by atomic mass is 16.5. The van der Waals surface area contributed by atoms with Gasteiger partial charge in [0.2, 0.25) is 0 Å². The molecule has 8 heteroatoms. The van der Waals surface area contributed by atoms with Crippen molar-refractivity contribution in [2.75, 3.05) is 18.5 Å². The molecule has 0 fully saturated rings. The maximum Gasteiger partial charge on any atom is 0.258 e. The van der Waals surface area contributed by atoms with Gasteiger partial charge in [-0.15, -0.1) is 0 Å². The van der Waals surface area contributed by atoms with Crippen molar-refractivity contribution in [3.8, 4) is 11.5 Å². The Morgan fingerprint density at radius 2 is 1.70 bits per heavy atom. The average molecular weight is 413 g/mol. The van der Waals surface area contributed by atoms with Gasteiger partial charge in [-0.2, -0.15) is 0 Å². The van der Waals surface area contributed by atoms with Gasteiger partial charge in [-0.3, -0.25) is 14.4 Å². The highest BCUT2D eigenvalue weighted by Gasteiger charge is 2.16. The molecule has 4 N–H and O–H groups in total. The predicted molar refractivity (Wildman–Crippen MR) is 114 cm³/mol. The Balaban J connectivity index is 2.10. The van der Waals surface area contributed by atoms with Gasteiger partial charge in [0.15, 0.2) is 6.61 Å². The van der Waals surface area contributed by atoms with Crippen molar-refractivity contribution in [3.05, 3.63) is 53.6 Å². The number of primary amides is 1. The number of amides is 3. The zero-order valence-electron chi connectivity index (χ0n) is 17.6. The van der Waals surface area contributed by atoms with Gasteiger partial charge in [-0.1, -0.05) is 6.07 Å². The zero-order valence-corrected chi connectivity index (χ0v) is 17.6. The van der Waals surface area contributed by atoms with Gasteiger partial charge in [0.1, 0.15) is 11.5 Å². The number of carbonyl (C=O) groups excluding carboxylic acids is 3. The Bertz CT molecular complexity index is 935. The lowest BCUT2D eigenvalue weighted by Crippen LogP contribution is -2.43. The van der Waals surface area contributed by atoms with Crippen LogP contribution in [0.25, 0.3) is 0 Å². The number of nitrogens with two attached hydrogens (primary N) is 1. The van der Waals surface area contributed by atoms with E-state index >= 15 is 0 Å². The van der Waals surface area contributed by atoms with Crippen LogP contribution in [0.15, 0.2) is 42.5 Å². The third kappa shape index (κ3) is 6.80. The molecule has 2 rings (SSSR count). The van der Waals surface area contributed by atoms with E-state index in [1.807, 2.05) is 27.7 Å². The standard InChI is InChI=1S/C22H27N3O5/c1-5-29-16-9-10-18(17(12-16)20(23)27)24-21(28)14-7-6-8-15(11-14)30-13-19(26)25-22(2,3)4/h6-12H,5,13H2,1-4H3,(H2,23,27)(H,24,28)(H,25,26). The van der Waals surface area contributed by atoms with Gasteiger partial charge < -0.3 is 25.8 Å². The summed E-state index contributed by atoms with van der Waals surface area (Å²) in [5.41, 5.74) is 5.77. The van der Waals surface area contributed by atoms with Crippen molar-refractivity contribution in [1.29, 1.82) is 0 Å². The molecule has 0 aliphatic rings. The largest absolute Gasteiger partial charge is 0.494 e. The highest BCUT2D eigenvalue weighted by Crippen LogP contribution is 2.23. The van der Waals surface area contributed by atoms with Crippen molar-refractivity contribution in [1.82, 2.24) is 5.32 Å². The Morgan fingerprint density at radius 3 is 2.33 bits per heavy atom. The summed E-state index contributed by atoms with van der Waals surface area (Å²) in [5, 5.41) is 5.46. The minimum Gasteiger partial charge on any atom is -0.494 e. The molecule has 2 aromatic carbocycles. The minimum absolute atomic E-state index is 0.139. The van der Waals surface area contributed by atoms with Crippen molar-refractivity contribution in [2.24, 2.45) is 5.73 Å². The molecule has 0 spiro atoms. The number of hydrogen-bond donors (Lipinski definition) is 3. The summed E-state index contributed by atoms with van der Waals surface area (Å²) in [6.07, 6.45) is 0. The molecule has 0 aliphatic carbocycles. The second-order valence-corrected chi connectivity index (χ2v) is 7.57. The molecule has 0 aromatic heterocycles. The molecule has 0 heterocycles. The molecule has 0 atom stereocenters. The van der Waals surface area contributed by atoms with Crippen LogP contribution in [0.5, 0.6) is 11.5 Å². The van der Waals surface area contributed by atoms with E-state index < -0.39 is 11.8 Å². The molecule has 3 amide bonds. The van der Waals surface area contributed by atoms with E-state index in [4.69, 9.17) is 15.2 Å². The number of carbonyl (C=O) groups is 3. The maximum atomic E-state index is 12.6. The van der Waals surface area contributed by atoms with Crippen LogP contribution in [0, 0.1) is 0 Å². The van der Waals surface area contributed by atoms with E-state index in [1.54, 1.807) is 30.3 Å². The first-order valence-corrected chi connectivity index (χ1v) is 9.51. The second kappa shape index (κ2) is 9.78. The lowest BCUT2D eigenvalue weighted by Gasteiger charge is -2.20. The number of hydrogen-bond acceptors (Lipinski definition) is 5. The first-order chi connectivity index (χ1) is 14.1. The number of ether oxygens (including phenoxy) is 2. The van der Waals surface area contributed by atoms with Crippen LogP contribution in [-0.4, -0.2) is 36.5 Å². The molecule has 0 unspecified atom stereocenters. The van der Waals surface area contributed by atoms with Crippen LogP contribution in [0.2, 0.25) is 0 Å². The van der Waals surface area contributed by atoms with Crippen LogP contribution < -0.4 is 25.8 Å². The number of anilines is 1. The molecule has 0 bridgehead atoms. The van der Waals surface area contributed by atoms with Crippen molar-refractivity contribution in [3.63, 3.8) is 0 Å². The van der Waals surface area contributed by atoms with Gasteiger partial charge in [0.25, 0.3) is 17.7 Å². The van der Waals surface area contributed by atoms with Crippen molar-refractivity contribution in [2.45, 2.75) is 33.2 Å². The smallest absolute Gasteiger partial charge is 0.258 e.